The molecule has 0 radical (unpaired) electrons. The Morgan fingerprint density at radius 2 is 1.84 bits per heavy atom. The quantitative estimate of drug-likeness (QED) is 0.470. The number of nitrogens with zero attached hydrogens (tertiary/aromatic N) is 4. The van der Waals surface area contributed by atoms with Crippen LogP contribution in [0, 0.1) is 0 Å². The molecule has 0 saturated carbocycles. The van der Waals surface area contributed by atoms with Gasteiger partial charge in [0.15, 0.2) is 5.16 Å². The second kappa shape index (κ2) is 10.6. The minimum Gasteiger partial charge on any atom is -0.369 e. The van der Waals surface area contributed by atoms with Gasteiger partial charge in [-0.2, -0.15) is 0 Å². The van der Waals surface area contributed by atoms with Gasteiger partial charge in [0, 0.05) is 49.1 Å². The highest BCUT2D eigenvalue weighted by molar-refractivity contribution is 7.99. The van der Waals surface area contributed by atoms with E-state index < -0.39 is 0 Å². The molecule has 0 bridgehead atoms. The van der Waals surface area contributed by atoms with Crippen LogP contribution < -0.4 is 10.2 Å². The van der Waals surface area contributed by atoms with Gasteiger partial charge in [0.05, 0.1) is 16.8 Å². The number of anilines is 2. The van der Waals surface area contributed by atoms with Crippen LogP contribution >= 0.6 is 23.4 Å². The first kappa shape index (κ1) is 23.0. The summed E-state index contributed by atoms with van der Waals surface area (Å²) in [5.74, 6) is 0.272. The lowest BCUT2D eigenvalue weighted by Gasteiger charge is -2.35. The molecule has 1 aliphatic rings. The van der Waals surface area contributed by atoms with Crippen molar-refractivity contribution in [3.63, 3.8) is 0 Å². The summed E-state index contributed by atoms with van der Waals surface area (Å²) in [6.45, 7) is 10.6. The minimum absolute atomic E-state index is 0.0348. The molecular formula is C24H30ClN5OS. The summed E-state index contributed by atoms with van der Waals surface area (Å²) in [6.07, 6.45) is 0.994. The van der Waals surface area contributed by atoms with E-state index in [0.29, 0.717) is 10.8 Å². The van der Waals surface area contributed by atoms with E-state index in [1.165, 1.54) is 17.4 Å². The third-order valence-electron chi connectivity index (χ3n) is 5.79. The van der Waals surface area contributed by atoms with Crippen LogP contribution in [0.3, 0.4) is 0 Å². The maximum atomic E-state index is 12.6. The monoisotopic (exact) mass is 471 g/mol. The fraction of sp³-hybridized carbons (Fsp3) is 0.417. The summed E-state index contributed by atoms with van der Waals surface area (Å²) >= 11 is 7.58. The van der Waals surface area contributed by atoms with E-state index in [0.717, 1.165) is 67.6 Å². The largest absolute Gasteiger partial charge is 0.369 e. The average Bonchev–Trinajstić information content (AvgIpc) is 3.15. The van der Waals surface area contributed by atoms with Gasteiger partial charge >= 0.3 is 0 Å². The smallest absolute Gasteiger partial charge is 0.234 e. The van der Waals surface area contributed by atoms with Gasteiger partial charge in [0.1, 0.15) is 0 Å². The zero-order valence-electron chi connectivity index (χ0n) is 18.7. The van der Waals surface area contributed by atoms with Gasteiger partial charge in [0.25, 0.3) is 0 Å². The predicted molar refractivity (Wildman–Crippen MR) is 135 cm³/mol. The van der Waals surface area contributed by atoms with Crippen molar-refractivity contribution < 1.29 is 4.79 Å². The number of halogens is 1. The summed E-state index contributed by atoms with van der Waals surface area (Å²) in [7, 11) is 0. The van der Waals surface area contributed by atoms with E-state index in [2.05, 4.69) is 45.7 Å². The Bertz CT molecular complexity index is 1060. The third-order valence-corrected chi connectivity index (χ3v) is 7.00. The lowest BCUT2D eigenvalue weighted by molar-refractivity contribution is -0.113. The van der Waals surface area contributed by atoms with E-state index in [-0.39, 0.29) is 5.91 Å². The zero-order chi connectivity index (χ0) is 22.5. The first-order valence-corrected chi connectivity index (χ1v) is 12.6. The molecule has 0 aliphatic carbocycles. The molecule has 1 amide bonds. The average molecular weight is 472 g/mol. The van der Waals surface area contributed by atoms with E-state index in [4.69, 9.17) is 16.6 Å². The van der Waals surface area contributed by atoms with Gasteiger partial charge in [0.2, 0.25) is 5.91 Å². The Labute approximate surface area is 198 Å². The number of rotatable bonds is 8. The fourth-order valence-electron chi connectivity index (χ4n) is 4.04. The van der Waals surface area contributed by atoms with Gasteiger partial charge in [-0.1, -0.05) is 37.2 Å². The van der Waals surface area contributed by atoms with Crippen LogP contribution in [-0.4, -0.2) is 58.8 Å². The molecule has 2 aromatic carbocycles. The Balaban J connectivity index is 1.35. The summed E-state index contributed by atoms with van der Waals surface area (Å²) < 4.78 is 2.16. The number of aromatic nitrogens is 2. The second-order valence-electron chi connectivity index (χ2n) is 7.98. The van der Waals surface area contributed by atoms with Crippen LogP contribution in [0.2, 0.25) is 5.02 Å². The highest BCUT2D eigenvalue weighted by Crippen LogP contribution is 2.27. The Morgan fingerprint density at radius 3 is 2.53 bits per heavy atom. The molecule has 6 nitrogen and oxygen atoms in total. The van der Waals surface area contributed by atoms with Crippen LogP contribution in [0.25, 0.3) is 11.0 Å². The van der Waals surface area contributed by atoms with Gasteiger partial charge in [-0.05, 0) is 55.4 Å². The van der Waals surface area contributed by atoms with Crippen molar-refractivity contribution in [2.24, 2.45) is 0 Å². The van der Waals surface area contributed by atoms with Crippen LogP contribution in [0.5, 0.6) is 0 Å². The molecule has 1 saturated heterocycles. The van der Waals surface area contributed by atoms with Crippen molar-refractivity contribution in [1.82, 2.24) is 14.5 Å². The van der Waals surface area contributed by atoms with Crippen molar-refractivity contribution >= 4 is 51.7 Å². The van der Waals surface area contributed by atoms with Crippen LogP contribution in [0.1, 0.15) is 20.3 Å². The molecule has 2 heterocycles. The number of carbonyl (C=O) groups excluding carboxylic acids is 1. The second-order valence-corrected chi connectivity index (χ2v) is 9.36. The number of hydrogen-bond donors (Lipinski definition) is 1. The van der Waals surface area contributed by atoms with Crippen molar-refractivity contribution in [3.8, 4) is 0 Å². The zero-order valence-corrected chi connectivity index (χ0v) is 20.3. The minimum atomic E-state index is -0.0348. The van der Waals surface area contributed by atoms with Gasteiger partial charge in [-0.25, -0.2) is 4.98 Å². The number of aryl methyl sites for hydroxylation is 1. The first-order chi connectivity index (χ1) is 15.6. The number of amides is 1. The fourth-order valence-corrected chi connectivity index (χ4v) is 5.04. The molecule has 1 aliphatic heterocycles. The molecule has 1 fully saturated rings. The molecule has 170 valence electrons. The standard InChI is InChI=1S/C24H30ClN5OS/c1-3-11-30-22-10-5-18(25)16-21(22)27-24(30)32-17-23(31)26-19-6-8-20(9-7-19)29-14-12-28(4-2)13-15-29/h5-10,16H,3-4,11-15,17H2,1-2H3,(H,26,31). The molecule has 8 heteroatoms. The van der Waals surface area contributed by atoms with Gasteiger partial charge in [-0.3, -0.25) is 4.79 Å². The molecule has 1 aromatic heterocycles. The summed E-state index contributed by atoms with van der Waals surface area (Å²) in [4.78, 5) is 22.1. The number of thioether (sulfide) groups is 1. The number of benzene rings is 2. The van der Waals surface area contributed by atoms with Gasteiger partial charge < -0.3 is 19.7 Å². The van der Waals surface area contributed by atoms with E-state index in [9.17, 15) is 4.79 Å². The Morgan fingerprint density at radius 1 is 1.09 bits per heavy atom. The van der Waals surface area contributed by atoms with Crippen molar-refractivity contribution in [1.29, 1.82) is 0 Å². The predicted octanol–water partition coefficient (Wildman–Crippen LogP) is 4.97. The van der Waals surface area contributed by atoms with Gasteiger partial charge in [-0.15, -0.1) is 0 Å². The highest BCUT2D eigenvalue weighted by atomic mass is 35.5. The topological polar surface area (TPSA) is 53.4 Å². The first-order valence-electron chi connectivity index (χ1n) is 11.2. The van der Waals surface area contributed by atoms with Crippen LogP contribution in [0.15, 0.2) is 47.6 Å². The lowest BCUT2D eigenvalue weighted by Crippen LogP contribution is -2.46. The number of likely N-dealkylation sites (N-methyl/N-ethyl adjacent to an activating group) is 1. The van der Waals surface area contributed by atoms with E-state index in [1.807, 2.05) is 30.3 Å². The van der Waals surface area contributed by atoms with Crippen molar-refractivity contribution in [3.05, 3.63) is 47.5 Å². The SMILES string of the molecule is CCCn1c(SCC(=O)Nc2ccc(N3CCN(CC)CC3)cc2)nc2cc(Cl)ccc21. The lowest BCUT2D eigenvalue weighted by atomic mass is 10.2. The number of piperazine rings is 1. The molecule has 1 N–H and O–H groups in total. The molecule has 4 rings (SSSR count). The maximum Gasteiger partial charge on any atom is 0.234 e. The normalized spacial score (nSPS) is 14.8. The van der Waals surface area contributed by atoms with Crippen molar-refractivity contribution in [2.75, 3.05) is 48.7 Å². The summed E-state index contributed by atoms with van der Waals surface area (Å²) in [6, 6.07) is 13.9. The number of hydrogen-bond acceptors (Lipinski definition) is 5. The third kappa shape index (κ3) is 5.39. The summed E-state index contributed by atoms with van der Waals surface area (Å²) in [5, 5.41) is 4.53. The van der Waals surface area contributed by atoms with Crippen LogP contribution in [-0.2, 0) is 11.3 Å². The Kier molecular flexibility index (Phi) is 7.60. The number of fused-ring (bicyclic) bond motifs is 1. The Hall–Kier alpha value is -2.22. The number of imidazole rings is 1. The molecular weight excluding hydrogens is 442 g/mol. The molecule has 0 spiro atoms. The van der Waals surface area contributed by atoms with E-state index >= 15 is 0 Å². The summed E-state index contributed by atoms with van der Waals surface area (Å²) in [5.41, 5.74) is 3.94. The molecule has 32 heavy (non-hydrogen) atoms. The molecule has 3 aromatic rings. The molecule has 0 atom stereocenters. The van der Waals surface area contributed by atoms with Crippen LogP contribution in [0.4, 0.5) is 11.4 Å². The molecule has 0 unspecified atom stereocenters. The van der Waals surface area contributed by atoms with Crippen molar-refractivity contribution in [2.45, 2.75) is 32.0 Å². The van der Waals surface area contributed by atoms with E-state index in [1.54, 1.807) is 0 Å². The maximum absolute atomic E-state index is 12.6. The number of carbonyl (C=O) groups is 1. The highest BCUT2D eigenvalue weighted by Gasteiger charge is 2.16. The number of nitrogens with one attached hydrogen (secondary N) is 1.